The first-order chi connectivity index (χ1) is 10.1. The smallest absolute Gasteiger partial charge is 0.155 e. The van der Waals surface area contributed by atoms with Crippen LogP contribution in [0.1, 0.15) is 56.2 Å². The number of piperidine rings is 1. The first-order valence-electron chi connectivity index (χ1n) is 8.84. The summed E-state index contributed by atoms with van der Waals surface area (Å²) in [5, 5.41) is 10.0. The Kier molecular flexibility index (Phi) is 9.05. The molecule has 1 saturated heterocycles. The minimum atomic E-state index is -2.86. The van der Waals surface area contributed by atoms with Crippen LogP contribution in [0.3, 0.4) is 0 Å². The standard InChI is InChI=1S/C13H28NO3S.C2H6.CH4/c1-5-18(16,17)11-10-14(4)8-6-12(7-9-14)13(2,3)15;1-2;/h12,15H,5-11H2,1-4H3;1-2H3;1H4/q+1;;/i;;1D. The maximum atomic E-state index is 11.6. The van der Waals surface area contributed by atoms with Crippen molar-refractivity contribution in [3.05, 3.63) is 0 Å². The van der Waals surface area contributed by atoms with Gasteiger partial charge in [-0.05, 0) is 19.8 Å². The zero-order valence-electron chi connectivity index (χ0n) is 16.1. The lowest BCUT2D eigenvalue weighted by molar-refractivity contribution is -0.913. The van der Waals surface area contributed by atoms with Crippen LogP contribution in [0.2, 0.25) is 0 Å². The fraction of sp³-hybridized carbons (Fsp3) is 1.00. The third-order valence-electron chi connectivity index (χ3n) is 4.42. The lowest BCUT2D eigenvalue weighted by atomic mass is 9.82. The third-order valence-corrected chi connectivity index (χ3v) is 6.10. The number of aliphatic hydroxyl groups is 1. The number of sulfone groups is 1. The van der Waals surface area contributed by atoms with E-state index in [1.807, 2.05) is 27.7 Å². The molecule has 1 N–H and O–H groups in total. The van der Waals surface area contributed by atoms with E-state index in [0.29, 0.717) is 12.5 Å². The van der Waals surface area contributed by atoms with Gasteiger partial charge in [0.1, 0.15) is 0 Å². The summed E-state index contributed by atoms with van der Waals surface area (Å²) in [6.45, 7) is 12.1. The molecule has 0 spiro atoms. The Hall–Kier alpha value is -0.130. The number of hydrogen-bond donors (Lipinski definition) is 1. The van der Waals surface area contributed by atoms with Crippen molar-refractivity contribution in [2.75, 3.05) is 38.2 Å². The summed E-state index contributed by atoms with van der Waals surface area (Å²) in [5.41, 5.74) is -0.610. The molecule has 0 aromatic heterocycles. The van der Waals surface area contributed by atoms with Crippen molar-refractivity contribution in [2.45, 2.75) is 60.5 Å². The molecule has 1 heterocycles. The van der Waals surface area contributed by atoms with Crippen molar-refractivity contribution in [1.82, 2.24) is 0 Å². The normalized spacial score (nSPS) is 26.7. The molecule has 1 fully saturated rings. The molecule has 0 aromatic carbocycles. The van der Waals surface area contributed by atoms with Crippen LogP contribution in [0, 0.1) is 5.92 Å². The average molecular weight is 326 g/mol. The first-order valence-corrected chi connectivity index (χ1v) is 9.66. The molecule has 130 valence electrons. The van der Waals surface area contributed by atoms with Gasteiger partial charge in [0, 0.05) is 20.0 Å². The van der Waals surface area contributed by atoms with Gasteiger partial charge in [-0.15, -0.1) is 0 Å². The summed E-state index contributed by atoms with van der Waals surface area (Å²) >= 11 is 0. The van der Waals surface area contributed by atoms with Gasteiger partial charge in [-0.1, -0.05) is 28.2 Å². The lowest BCUT2D eigenvalue weighted by Gasteiger charge is -2.43. The molecule has 0 radical (unpaired) electrons. The summed E-state index contributed by atoms with van der Waals surface area (Å²) in [4.78, 5) is 0. The third kappa shape index (κ3) is 8.17. The topological polar surface area (TPSA) is 54.4 Å². The van der Waals surface area contributed by atoms with Crippen molar-refractivity contribution in [2.24, 2.45) is 5.92 Å². The summed E-state index contributed by atoms with van der Waals surface area (Å²) in [5.74, 6) is 0.860. The molecule has 1 aliphatic rings. The minimum absolute atomic E-state index is 0.235. The molecule has 0 unspecified atom stereocenters. The van der Waals surface area contributed by atoms with Gasteiger partial charge in [0.2, 0.25) is 0 Å². The number of quaternary nitrogens is 1. The van der Waals surface area contributed by atoms with E-state index >= 15 is 0 Å². The van der Waals surface area contributed by atoms with Crippen LogP contribution >= 0.6 is 0 Å². The predicted octanol–water partition coefficient (Wildman–Crippen LogP) is 2.71. The van der Waals surface area contributed by atoms with Crippen LogP contribution in [0.5, 0.6) is 0 Å². The summed E-state index contributed by atoms with van der Waals surface area (Å²) in [6.07, 6.45) is 1.96. The molecule has 0 saturated carbocycles. The number of rotatable bonds is 5. The lowest BCUT2D eigenvalue weighted by Crippen LogP contribution is -2.54. The van der Waals surface area contributed by atoms with Gasteiger partial charge < -0.3 is 9.59 Å². The molecular formula is C16H38NO3S+. The van der Waals surface area contributed by atoms with Crippen LogP contribution in [0.25, 0.3) is 0 Å². The Bertz CT molecular complexity index is 369. The minimum Gasteiger partial charge on any atom is -0.390 e. The highest BCUT2D eigenvalue weighted by Gasteiger charge is 2.37. The van der Waals surface area contributed by atoms with Crippen molar-refractivity contribution >= 4 is 9.84 Å². The second-order valence-electron chi connectivity index (χ2n) is 6.45. The van der Waals surface area contributed by atoms with Gasteiger partial charge in [0.15, 0.2) is 9.84 Å². The molecule has 21 heavy (non-hydrogen) atoms. The van der Waals surface area contributed by atoms with Crippen LogP contribution in [0.15, 0.2) is 0 Å². The maximum Gasteiger partial charge on any atom is 0.155 e. The van der Waals surface area contributed by atoms with Crippen LogP contribution in [-0.4, -0.2) is 61.8 Å². The molecule has 0 aliphatic carbocycles. The second kappa shape index (κ2) is 9.11. The Morgan fingerprint density at radius 1 is 1.29 bits per heavy atom. The highest BCUT2D eigenvalue weighted by molar-refractivity contribution is 7.91. The van der Waals surface area contributed by atoms with Crippen LogP contribution in [0.4, 0.5) is 0 Å². The Labute approximate surface area is 134 Å². The highest BCUT2D eigenvalue weighted by atomic mass is 32.2. The summed E-state index contributed by atoms with van der Waals surface area (Å²) in [7, 11) is 0.517. The Morgan fingerprint density at radius 3 is 2.05 bits per heavy atom. The molecule has 0 bridgehead atoms. The molecular weight excluding hydrogens is 286 g/mol. The highest BCUT2D eigenvalue weighted by Crippen LogP contribution is 2.30. The van der Waals surface area contributed by atoms with Gasteiger partial charge in [0.25, 0.3) is 0 Å². The predicted molar refractivity (Wildman–Crippen MR) is 92.2 cm³/mol. The summed E-state index contributed by atoms with van der Waals surface area (Å²) < 4.78 is 29.7. The van der Waals surface area contributed by atoms with E-state index in [-0.39, 0.29) is 11.5 Å². The van der Waals surface area contributed by atoms with E-state index in [4.69, 9.17) is 1.37 Å². The Morgan fingerprint density at radius 2 is 1.71 bits per heavy atom. The fourth-order valence-electron chi connectivity index (χ4n) is 2.63. The van der Waals surface area contributed by atoms with Gasteiger partial charge in [-0.2, -0.15) is 0 Å². The largest absolute Gasteiger partial charge is 0.390 e. The molecule has 0 amide bonds. The van der Waals surface area contributed by atoms with E-state index in [1.54, 1.807) is 6.92 Å². The van der Waals surface area contributed by atoms with Gasteiger partial charge in [0.05, 0.1) is 38.0 Å². The van der Waals surface area contributed by atoms with Crippen molar-refractivity contribution < 1.29 is 19.4 Å². The maximum absolute atomic E-state index is 11.6. The Balaban J connectivity index is 0. The second-order valence-corrected chi connectivity index (χ2v) is 8.93. The van der Waals surface area contributed by atoms with Crippen LogP contribution < -0.4 is 0 Å². The van der Waals surface area contributed by atoms with Gasteiger partial charge in [-0.3, -0.25) is 0 Å². The van der Waals surface area contributed by atoms with E-state index in [2.05, 4.69) is 7.05 Å². The SMILES string of the molecule is CC.CCS(=O)(=O)CC[N+]1(C)CCC(C(C)(C)O)CC1.[2H]C. The fourth-order valence-corrected chi connectivity index (χ4v) is 3.63. The molecule has 1 aliphatic heterocycles. The first kappa shape index (κ1) is 20.9. The molecule has 0 aromatic rings. The van der Waals surface area contributed by atoms with E-state index < -0.39 is 15.4 Å². The zero-order valence-corrected chi connectivity index (χ0v) is 16.0. The number of hydrogen-bond acceptors (Lipinski definition) is 3. The molecule has 5 heteroatoms. The van der Waals surface area contributed by atoms with Crippen LogP contribution in [-0.2, 0) is 9.84 Å². The van der Waals surface area contributed by atoms with Gasteiger partial charge in [-0.25, -0.2) is 8.42 Å². The molecule has 4 nitrogen and oxygen atoms in total. The molecule has 1 rings (SSSR count). The summed E-state index contributed by atoms with van der Waals surface area (Å²) in [6, 6.07) is 0. The van der Waals surface area contributed by atoms with E-state index in [1.165, 1.54) is 7.40 Å². The monoisotopic (exact) mass is 325 g/mol. The molecule has 0 atom stereocenters. The number of nitrogens with zero attached hydrogens (tertiary/aromatic N) is 1. The van der Waals surface area contributed by atoms with Crippen molar-refractivity contribution in [1.29, 1.82) is 0 Å². The van der Waals surface area contributed by atoms with E-state index in [0.717, 1.165) is 30.4 Å². The zero-order chi connectivity index (χ0) is 18.0. The van der Waals surface area contributed by atoms with E-state index in [9.17, 15) is 13.5 Å². The number of likely N-dealkylation sites (tertiary alicyclic amines) is 1. The van der Waals surface area contributed by atoms with Crippen molar-refractivity contribution in [3.63, 3.8) is 0 Å². The van der Waals surface area contributed by atoms with Gasteiger partial charge >= 0.3 is 0 Å². The average Bonchev–Trinajstić information content (AvgIpc) is 2.49. The van der Waals surface area contributed by atoms with Crippen molar-refractivity contribution in [3.8, 4) is 0 Å². The quantitative estimate of drug-likeness (QED) is 0.791.